The highest BCUT2D eigenvalue weighted by Crippen LogP contribution is 2.25. The van der Waals surface area contributed by atoms with Crippen molar-refractivity contribution >= 4 is 18.0 Å². The van der Waals surface area contributed by atoms with Crippen LogP contribution < -0.4 is 25.0 Å². The van der Waals surface area contributed by atoms with Crippen LogP contribution in [-0.2, 0) is 14.3 Å². The summed E-state index contributed by atoms with van der Waals surface area (Å²) in [4.78, 5) is 23.7. The summed E-state index contributed by atoms with van der Waals surface area (Å²) in [7, 11) is 1.53. The molecule has 2 aromatic carbocycles. The zero-order valence-corrected chi connectivity index (χ0v) is 17.9. The molecule has 1 aliphatic rings. The maximum absolute atomic E-state index is 11.9. The van der Waals surface area contributed by atoms with Gasteiger partial charge in [0.15, 0.2) is 24.7 Å². The van der Waals surface area contributed by atoms with Crippen LogP contribution in [-0.4, -0.2) is 57.6 Å². The molecular weight excluding hydrogens is 414 g/mol. The molecule has 0 aliphatic carbocycles. The summed E-state index contributed by atoms with van der Waals surface area (Å²) in [5.41, 5.74) is 3.16. The molecule has 1 atom stereocenters. The van der Waals surface area contributed by atoms with Crippen LogP contribution in [0.4, 0.5) is 0 Å². The van der Waals surface area contributed by atoms with Gasteiger partial charge in [-0.1, -0.05) is 12.1 Å². The van der Waals surface area contributed by atoms with Crippen LogP contribution >= 0.6 is 0 Å². The molecule has 0 saturated carbocycles. The third-order valence-electron chi connectivity index (χ3n) is 4.63. The Kier molecular flexibility index (Phi) is 8.88. The highest BCUT2D eigenvalue weighted by atomic mass is 16.5. The predicted octanol–water partition coefficient (Wildman–Crippen LogP) is 1.90. The van der Waals surface area contributed by atoms with Crippen molar-refractivity contribution in [1.29, 1.82) is 0 Å². The fourth-order valence-corrected chi connectivity index (χ4v) is 2.98. The number of carbonyl (C=O) groups is 2. The molecule has 3 rings (SSSR count). The molecule has 2 N–H and O–H groups in total. The molecule has 9 nitrogen and oxygen atoms in total. The Balaban J connectivity index is 1.35. The number of carbonyl (C=O) groups excluding carboxylic acids is 2. The number of ether oxygens (including phenoxy) is 4. The molecule has 0 radical (unpaired) electrons. The van der Waals surface area contributed by atoms with E-state index in [0.717, 1.165) is 25.0 Å². The molecule has 9 heteroatoms. The summed E-state index contributed by atoms with van der Waals surface area (Å²) >= 11 is 0. The van der Waals surface area contributed by atoms with Crippen molar-refractivity contribution in [3.8, 4) is 17.2 Å². The smallest absolute Gasteiger partial charge is 0.277 e. The van der Waals surface area contributed by atoms with Crippen LogP contribution in [0.1, 0.15) is 18.4 Å². The van der Waals surface area contributed by atoms with E-state index in [1.807, 2.05) is 6.07 Å². The first-order valence-corrected chi connectivity index (χ1v) is 10.3. The molecule has 0 spiro atoms. The first-order chi connectivity index (χ1) is 15.6. The molecule has 2 amide bonds. The maximum Gasteiger partial charge on any atom is 0.277 e. The first kappa shape index (κ1) is 23.1. The lowest BCUT2D eigenvalue weighted by Gasteiger charge is -2.11. The number of hydrogen-bond donors (Lipinski definition) is 2. The van der Waals surface area contributed by atoms with Crippen LogP contribution in [0.25, 0.3) is 0 Å². The maximum atomic E-state index is 11.9. The van der Waals surface area contributed by atoms with Crippen LogP contribution in [0.3, 0.4) is 0 Å². The van der Waals surface area contributed by atoms with Crippen LogP contribution in [0.2, 0.25) is 0 Å². The largest absolute Gasteiger partial charge is 0.493 e. The second kappa shape index (κ2) is 12.3. The Labute approximate surface area is 186 Å². The lowest BCUT2D eigenvalue weighted by atomic mass is 10.2. The summed E-state index contributed by atoms with van der Waals surface area (Å²) < 4.78 is 21.5. The number of benzene rings is 2. The molecule has 0 bridgehead atoms. The predicted molar refractivity (Wildman–Crippen MR) is 118 cm³/mol. The van der Waals surface area contributed by atoms with E-state index >= 15 is 0 Å². The third kappa shape index (κ3) is 7.59. The number of hydrazone groups is 1. The van der Waals surface area contributed by atoms with Crippen molar-refractivity contribution < 1.29 is 28.5 Å². The molecule has 0 unspecified atom stereocenters. The number of amides is 2. The van der Waals surface area contributed by atoms with Gasteiger partial charge in [0, 0.05) is 13.2 Å². The normalized spacial score (nSPS) is 15.3. The molecule has 1 saturated heterocycles. The molecule has 1 heterocycles. The number of rotatable bonds is 11. The number of nitrogens with zero attached hydrogens (tertiary/aromatic N) is 1. The van der Waals surface area contributed by atoms with Gasteiger partial charge in [-0.15, -0.1) is 0 Å². The Bertz CT molecular complexity index is 910. The van der Waals surface area contributed by atoms with Crippen molar-refractivity contribution in [2.24, 2.45) is 5.10 Å². The van der Waals surface area contributed by atoms with Gasteiger partial charge >= 0.3 is 0 Å². The average molecular weight is 441 g/mol. The molecule has 170 valence electrons. The number of nitrogens with one attached hydrogen (secondary N) is 2. The Hall–Kier alpha value is -3.59. The highest BCUT2D eigenvalue weighted by molar-refractivity contribution is 5.83. The monoisotopic (exact) mass is 441 g/mol. The molecule has 2 aromatic rings. The summed E-state index contributed by atoms with van der Waals surface area (Å²) in [6, 6.07) is 14.0. The van der Waals surface area contributed by atoms with Gasteiger partial charge < -0.3 is 24.3 Å². The van der Waals surface area contributed by atoms with Crippen LogP contribution in [0.5, 0.6) is 17.2 Å². The van der Waals surface area contributed by atoms with Gasteiger partial charge in [0.2, 0.25) is 0 Å². The fourth-order valence-electron chi connectivity index (χ4n) is 2.98. The van der Waals surface area contributed by atoms with Gasteiger partial charge in [-0.2, -0.15) is 5.10 Å². The molecule has 0 aromatic heterocycles. The van der Waals surface area contributed by atoms with Crippen molar-refractivity contribution in [3.05, 3.63) is 54.1 Å². The molecule has 1 aliphatic heterocycles. The van der Waals surface area contributed by atoms with Gasteiger partial charge in [-0.3, -0.25) is 9.59 Å². The lowest BCUT2D eigenvalue weighted by molar-refractivity contribution is -0.124. The fraction of sp³-hybridized carbons (Fsp3) is 0.348. The van der Waals surface area contributed by atoms with E-state index in [0.29, 0.717) is 23.8 Å². The number of para-hydroxylation sites is 2. The Morgan fingerprint density at radius 1 is 1.06 bits per heavy atom. The minimum absolute atomic E-state index is 0.0671. The minimum atomic E-state index is -0.402. The highest BCUT2D eigenvalue weighted by Gasteiger charge is 2.16. The minimum Gasteiger partial charge on any atom is -0.493 e. The first-order valence-electron chi connectivity index (χ1n) is 10.3. The Morgan fingerprint density at radius 2 is 1.81 bits per heavy atom. The SMILES string of the molecule is COc1ccccc1OCC(=O)N/N=C\c1ccc(OCC(=O)NC[C@H]2CCCO2)cc1. The summed E-state index contributed by atoms with van der Waals surface area (Å²) in [5, 5.41) is 6.71. The van der Waals surface area contributed by atoms with Crippen molar-refractivity contribution in [3.63, 3.8) is 0 Å². The lowest BCUT2D eigenvalue weighted by Crippen LogP contribution is -2.35. The van der Waals surface area contributed by atoms with Gasteiger partial charge in [0.05, 0.1) is 19.4 Å². The van der Waals surface area contributed by atoms with Gasteiger partial charge in [0.1, 0.15) is 5.75 Å². The van der Waals surface area contributed by atoms with Crippen LogP contribution in [0.15, 0.2) is 53.6 Å². The van der Waals surface area contributed by atoms with E-state index < -0.39 is 5.91 Å². The second-order valence-corrected chi connectivity index (χ2v) is 7.03. The third-order valence-corrected chi connectivity index (χ3v) is 4.63. The van der Waals surface area contributed by atoms with E-state index in [-0.39, 0.29) is 25.2 Å². The summed E-state index contributed by atoms with van der Waals surface area (Å²) in [5.74, 6) is 0.991. The molecular formula is C23H27N3O6. The van der Waals surface area contributed by atoms with Gasteiger partial charge in [0.25, 0.3) is 11.8 Å². The van der Waals surface area contributed by atoms with Gasteiger partial charge in [-0.05, 0) is 54.8 Å². The van der Waals surface area contributed by atoms with E-state index in [1.165, 1.54) is 13.3 Å². The topological polar surface area (TPSA) is 107 Å². The van der Waals surface area contributed by atoms with E-state index in [9.17, 15) is 9.59 Å². The van der Waals surface area contributed by atoms with Crippen LogP contribution in [0, 0.1) is 0 Å². The number of hydrogen-bond acceptors (Lipinski definition) is 7. The van der Waals surface area contributed by atoms with Gasteiger partial charge in [-0.25, -0.2) is 5.43 Å². The standard InChI is InChI=1S/C23H27N3O6/c1-29-20-6-2-3-7-21(20)32-16-23(28)26-25-13-17-8-10-18(11-9-17)31-15-22(27)24-14-19-5-4-12-30-19/h2-3,6-11,13,19H,4-5,12,14-16H2,1H3,(H,24,27)(H,26,28)/b25-13-/t19-/m1/s1. The van der Waals surface area contributed by atoms with Crippen molar-refractivity contribution in [2.75, 3.05) is 33.5 Å². The average Bonchev–Trinajstić information content (AvgIpc) is 3.35. The number of methoxy groups -OCH3 is 1. The molecule has 1 fully saturated rings. The molecule has 32 heavy (non-hydrogen) atoms. The Morgan fingerprint density at radius 3 is 2.53 bits per heavy atom. The van der Waals surface area contributed by atoms with Crippen molar-refractivity contribution in [2.45, 2.75) is 18.9 Å². The van der Waals surface area contributed by atoms with E-state index in [2.05, 4.69) is 15.8 Å². The van der Waals surface area contributed by atoms with E-state index in [4.69, 9.17) is 18.9 Å². The zero-order valence-electron chi connectivity index (χ0n) is 17.9. The second-order valence-electron chi connectivity index (χ2n) is 7.03. The van der Waals surface area contributed by atoms with E-state index in [1.54, 1.807) is 42.5 Å². The van der Waals surface area contributed by atoms with Crippen molar-refractivity contribution in [1.82, 2.24) is 10.7 Å². The quantitative estimate of drug-likeness (QED) is 0.407. The zero-order chi connectivity index (χ0) is 22.6. The summed E-state index contributed by atoms with van der Waals surface area (Å²) in [6.45, 7) is 1.00. The summed E-state index contributed by atoms with van der Waals surface area (Å²) in [6.07, 6.45) is 3.61.